The summed E-state index contributed by atoms with van der Waals surface area (Å²) >= 11 is 7.30. The van der Waals surface area contributed by atoms with Crippen LogP contribution in [0.4, 0.5) is 0 Å². The van der Waals surface area contributed by atoms with Gasteiger partial charge in [0.2, 0.25) is 0 Å². The maximum absolute atomic E-state index is 10.2. The van der Waals surface area contributed by atoms with E-state index < -0.39 is 6.10 Å². The number of thiophene rings is 1. The van der Waals surface area contributed by atoms with E-state index in [0.29, 0.717) is 17.4 Å². The maximum Gasteiger partial charge on any atom is 0.101 e. The van der Waals surface area contributed by atoms with Crippen molar-refractivity contribution in [1.82, 2.24) is 15.5 Å². The van der Waals surface area contributed by atoms with E-state index in [1.807, 2.05) is 18.3 Å². The van der Waals surface area contributed by atoms with Gasteiger partial charge in [0.15, 0.2) is 0 Å². The van der Waals surface area contributed by atoms with E-state index in [-0.39, 0.29) is 0 Å². The van der Waals surface area contributed by atoms with Crippen molar-refractivity contribution in [2.24, 2.45) is 0 Å². The Bertz CT molecular complexity index is 784. The third-order valence-electron chi connectivity index (χ3n) is 3.60. The number of benzene rings is 1. The van der Waals surface area contributed by atoms with E-state index in [4.69, 9.17) is 11.6 Å². The fourth-order valence-electron chi connectivity index (χ4n) is 2.45. The van der Waals surface area contributed by atoms with Crippen molar-refractivity contribution in [3.63, 3.8) is 0 Å². The van der Waals surface area contributed by atoms with E-state index >= 15 is 0 Å². The zero-order valence-electron chi connectivity index (χ0n) is 12.7. The number of aliphatic hydroxyl groups is 1. The summed E-state index contributed by atoms with van der Waals surface area (Å²) in [6, 6.07) is 11.9. The fraction of sp³-hybridized carbons (Fsp3) is 0.235. The monoisotopic (exact) mass is 347 g/mol. The normalized spacial score (nSPS) is 12.5. The Morgan fingerprint density at radius 3 is 2.96 bits per heavy atom. The minimum atomic E-state index is -0.554. The van der Waals surface area contributed by atoms with Gasteiger partial charge in [-0.1, -0.05) is 35.4 Å². The van der Waals surface area contributed by atoms with E-state index in [0.717, 1.165) is 21.7 Å². The predicted molar refractivity (Wildman–Crippen MR) is 94.8 cm³/mol. The highest BCUT2D eigenvalue weighted by molar-refractivity contribution is 7.16. The first-order chi connectivity index (χ1) is 11.1. The number of aryl methyl sites for hydroxylation is 1. The number of aromatic amines is 1. The van der Waals surface area contributed by atoms with Gasteiger partial charge in [-0.15, -0.1) is 11.3 Å². The Hall–Kier alpha value is -1.66. The highest BCUT2D eigenvalue weighted by atomic mass is 35.5. The zero-order chi connectivity index (χ0) is 16.2. The van der Waals surface area contributed by atoms with Crippen LogP contribution in [0.2, 0.25) is 4.34 Å². The lowest BCUT2D eigenvalue weighted by Crippen LogP contribution is -2.20. The molecule has 3 N–H and O–H groups in total. The molecule has 0 bridgehead atoms. The molecule has 0 aliphatic carbocycles. The van der Waals surface area contributed by atoms with Crippen molar-refractivity contribution < 1.29 is 5.11 Å². The van der Waals surface area contributed by atoms with Crippen LogP contribution >= 0.6 is 22.9 Å². The van der Waals surface area contributed by atoms with Crippen LogP contribution in [0.25, 0.3) is 11.3 Å². The molecule has 1 unspecified atom stereocenters. The fourth-order valence-corrected chi connectivity index (χ4v) is 3.49. The molecule has 0 aliphatic heterocycles. The van der Waals surface area contributed by atoms with Crippen LogP contribution in [0.1, 0.15) is 22.1 Å². The van der Waals surface area contributed by atoms with Gasteiger partial charge in [-0.3, -0.25) is 5.10 Å². The van der Waals surface area contributed by atoms with Gasteiger partial charge in [-0.25, -0.2) is 0 Å². The molecule has 6 heteroatoms. The standard InChI is InChI=1S/C17H18ClN3OS/c1-11-3-2-4-12(7-11)17-13(9-20-21-17)8-19-10-14(22)15-5-6-16(18)23-15/h2-7,9,14,19,22H,8,10H2,1H3,(H,20,21). The third kappa shape index (κ3) is 4.00. The zero-order valence-corrected chi connectivity index (χ0v) is 14.3. The van der Waals surface area contributed by atoms with E-state index in [1.54, 1.807) is 6.07 Å². The first-order valence-electron chi connectivity index (χ1n) is 7.37. The van der Waals surface area contributed by atoms with Crippen LogP contribution in [0.5, 0.6) is 0 Å². The molecule has 2 aromatic heterocycles. The smallest absolute Gasteiger partial charge is 0.101 e. The van der Waals surface area contributed by atoms with Gasteiger partial charge in [0.05, 0.1) is 16.2 Å². The molecule has 3 rings (SSSR count). The van der Waals surface area contributed by atoms with Crippen LogP contribution in [0.3, 0.4) is 0 Å². The molecule has 23 heavy (non-hydrogen) atoms. The van der Waals surface area contributed by atoms with Gasteiger partial charge in [0.1, 0.15) is 6.10 Å². The molecule has 4 nitrogen and oxygen atoms in total. The lowest BCUT2D eigenvalue weighted by molar-refractivity contribution is 0.178. The summed E-state index contributed by atoms with van der Waals surface area (Å²) < 4.78 is 0.690. The lowest BCUT2D eigenvalue weighted by Gasteiger charge is -2.10. The SMILES string of the molecule is Cc1cccc(-c2[nH]ncc2CNCC(O)c2ccc(Cl)s2)c1. The molecule has 0 aliphatic rings. The van der Waals surface area contributed by atoms with Crippen molar-refractivity contribution in [2.75, 3.05) is 6.54 Å². The van der Waals surface area contributed by atoms with Gasteiger partial charge in [-0.2, -0.15) is 5.10 Å². The van der Waals surface area contributed by atoms with Crippen LogP contribution < -0.4 is 5.32 Å². The van der Waals surface area contributed by atoms with Crippen LogP contribution in [-0.2, 0) is 6.54 Å². The van der Waals surface area contributed by atoms with Crippen molar-refractivity contribution in [2.45, 2.75) is 19.6 Å². The molecule has 0 fully saturated rings. The van der Waals surface area contributed by atoms with E-state index in [9.17, 15) is 5.11 Å². The molecular formula is C17H18ClN3OS. The average molecular weight is 348 g/mol. The number of nitrogens with one attached hydrogen (secondary N) is 2. The molecule has 0 amide bonds. The maximum atomic E-state index is 10.2. The Balaban J connectivity index is 1.62. The number of aromatic nitrogens is 2. The summed E-state index contributed by atoms with van der Waals surface area (Å²) in [5.74, 6) is 0. The Labute approximate surface area is 144 Å². The minimum Gasteiger partial charge on any atom is -0.386 e. The summed E-state index contributed by atoms with van der Waals surface area (Å²) in [6.07, 6.45) is 1.26. The second-order valence-corrected chi connectivity index (χ2v) is 7.17. The molecule has 3 aromatic rings. The van der Waals surface area contributed by atoms with E-state index in [2.05, 4.69) is 40.6 Å². The van der Waals surface area contributed by atoms with Crippen molar-refractivity contribution >= 4 is 22.9 Å². The van der Waals surface area contributed by atoms with E-state index in [1.165, 1.54) is 16.9 Å². The second kappa shape index (κ2) is 7.27. The summed E-state index contributed by atoms with van der Waals surface area (Å²) in [6.45, 7) is 3.17. The second-order valence-electron chi connectivity index (χ2n) is 5.43. The highest BCUT2D eigenvalue weighted by Crippen LogP contribution is 2.27. The summed E-state index contributed by atoms with van der Waals surface area (Å²) in [7, 11) is 0. The predicted octanol–water partition coefficient (Wildman–Crippen LogP) is 3.92. The van der Waals surface area contributed by atoms with Crippen molar-refractivity contribution in [3.8, 4) is 11.3 Å². The van der Waals surface area contributed by atoms with Crippen molar-refractivity contribution in [3.05, 3.63) is 62.9 Å². The van der Waals surface area contributed by atoms with Gasteiger partial charge in [-0.05, 0) is 25.1 Å². The van der Waals surface area contributed by atoms with Crippen LogP contribution in [0.15, 0.2) is 42.6 Å². The number of nitrogens with zero attached hydrogens (tertiary/aromatic N) is 1. The molecule has 0 spiro atoms. The summed E-state index contributed by atoms with van der Waals surface area (Å²) in [5.41, 5.74) is 4.41. The molecule has 120 valence electrons. The molecule has 0 radical (unpaired) electrons. The molecule has 2 heterocycles. The number of rotatable bonds is 6. The Kier molecular flexibility index (Phi) is 5.13. The number of hydrogen-bond acceptors (Lipinski definition) is 4. The van der Waals surface area contributed by atoms with Gasteiger partial charge < -0.3 is 10.4 Å². The topological polar surface area (TPSA) is 60.9 Å². The van der Waals surface area contributed by atoms with Crippen LogP contribution in [-0.4, -0.2) is 21.8 Å². The number of H-pyrrole nitrogens is 1. The van der Waals surface area contributed by atoms with Gasteiger partial charge in [0, 0.05) is 29.1 Å². The Morgan fingerprint density at radius 1 is 1.35 bits per heavy atom. The first kappa shape index (κ1) is 16.2. The quantitative estimate of drug-likeness (QED) is 0.633. The number of halogens is 1. The third-order valence-corrected chi connectivity index (χ3v) is 4.93. The summed E-state index contributed by atoms with van der Waals surface area (Å²) in [5, 5.41) is 20.6. The molecule has 1 atom stereocenters. The molecule has 1 aromatic carbocycles. The largest absolute Gasteiger partial charge is 0.386 e. The average Bonchev–Trinajstić information content (AvgIpc) is 3.16. The van der Waals surface area contributed by atoms with Gasteiger partial charge in [0.25, 0.3) is 0 Å². The summed E-state index contributed by atoms with van der Waals surface area (Å²) in [4.78, 5) is 0.869. The number of aliphatic hydroxyl groups excluding tert-OH is 1. The highest BCUT2D eigenvalue weighted by Gasteiger charge is 2.11. The lowest BCUT2D eigenvalue weighted by atomic mass is 10.1. The Morgan fingerprint density at radius 2 is 2.22 bits per heavy atom. The molecule has 0 saturated heterocycles. The van der Waals surface area contributed by atoms with Crippen molar-refractivity contribution in [1.29, 1.82) is 0 Å². The molecular weight excluding hydrogens is 330 g/mol. The first-order valence-corrected chi connectivity index (χ1v) is 8.56. The molecule has 0 saturated carbocycles. The van der Waals surface area contributed by atoms with Crippen LogP contribution in [0, 0.1) is 6.92 Å². The van der Waals surface area contributed by atoms with Gasteiger partial charge >= 0.3 is 0 Å². The minimum absolute atomic E-state index is 0.468. The number of hydrogen-bond donors (Lipinski definition) is 3.